The van der Waals surface area contributed by atoms with E-state index in [0.717, 1.165) is 55.2 Å². The fraction of sp³-hybridized carbons (Fsp3) is 0. The Labute approximate surface area is 246 Å². The minimum atomic E-state index is 0.925. The van der Waals surface area contributed by atoms with Gasteiger partial charge < -0.3 is 4.42 Å². The average molecular weight is 547 g/mol. The van der Waals surface area contributed by atoms with E-state index in [0.29, 0.717) is 0 Å². The summed E-state index contributed by atoms with van der Waals surface area (Å²) in [5, 5.41) is 7.09. The van der Waals surface area contributed by atoms with Gasteiger partial charge in [0.2, 0.25) is 0 Å². The molecule has 3 heterocycles. The molecule has 3 aromatic heterocycles. The van der Waals surface area contributed by atoms with Gasteiger partial charge in [0, 0.05) is 33.3 Å². The summed E-state index contributed by atoms with van der Waals surface area (Å²) in [5.74, 6) is 0. The summed E-state index contributed by atoms with van der Waals surface area (Å²) in [5.41, 5.74) is 13.1. The van der Waals surface area contributed by atoms with Gasteiger partial charge in [-0.2, -0.15) is 0 Å². The Morgan fingerprint density at radius 3 is 2.21 bits per heavy atom. The Morgan fingerprint density at radius 2 is 1.23 bits per heavy atom. The van der Waals surface area contributed by atoms with Crippen molar-refractivity contribution in [1.82, 2.24) is 9.97 Å². The number of fused-ring (bicyclic) bond motifs is 10. The highest BCUT2D eigenvalue weighted by Gasteiger charge is 2.27. The number of hydrogen-bond acceptors (Lipinski definition) is 3. The van der Waals surface area contributed by atoms with Crippen molar-refractivity contribution in [1.29, 1.82) is 0 Å². The second-order valence-corrected chi connectivity index (χ2v) is 11.3. The molecule has 0 saturated carbocycles. The molecule has 6 aromatic carbocycles. The van der Waals surface area contributed by atoms with Gasteiger partial charge in [0.15, 0.2) is 0 Å². The molecule has 0 amide bonds. The molecule has 3 heteroatoms. The predicted molar refractivity (Wildman–Crippen MR) is 177 cm³/mol. The molecule has 198 valence electrons. The molecule has 0 saturated heterocycles. The van der Waals surface area contributed by atoms with Crippen molar-refractivity contribution >= 4 is 54.5 Å². The van der Waals surface area contributed by atoms with Crippen molar-refractivity contribution in [3.63, 3.8) is 0 Å². The fourth-order valence-corrected chi connectivity index (χ4v) is 7.16. The highest BCUT2D eigenvalue weighted by atomic mass is 16.3. The number of nitrogens with zero attached hydrogens (tertiary/aromatic N) is 2. The molecule has 0 unspecified atom stereocenters. The van der Waals surface area contributed by atoms with Crippen molar-refractivity contribution in [3.8, 4) is 44.6 Å². The second kappa shape index (κ2) is 8.37. The zero-order chi connectivity index (χ0) is 28.1. The zero-order valence-corrected chi connectivity index (χ0v) is 23.0. The van der Waals surface area contributed by atoms with Gasteiger partial charge in [-0.1, -0.05) is 97.1 Å². The van der Waals surface area contributed by atoms with Crippen LogP contribution in [0.5, 0.6) is 0 Å². The summed E-state index contributed by atoms with van der Waals surface area (Å²) in [7, 11) is 0. The summed E-state index contributed by atoms with van der Waals surface area (Å²) in [6.07, 6.45) is 1.84. The molecular formula is C40H22N2O. The molecule has 0 spiro atoms. The molecule has 0 radical (unpaired) electrons. The predicted octanol–water partition coefficient (Wildman–Crippen LogP) is 10.8. The molecule has 9 aromatic rings. The summed E-state index contributed by atoms with van der Waals surface area (Å²) in [4.78, 5) is 9.78. The lowest BCUT2D eigenvalue weighted by Gasteiger charge is -2.12. The molecule has 1 aliphatic carbocycles. The van der Waals surface area contributed by atoms with Crippen molar-refractivity contribution in [3.05, 3.63) is 134 Å². The highest BCUT2D eigenvalue weighted by Crippen LogP contribution is 2.53. The van der Waals surface area contributed by atoms with Gasteiger partial charge in [-0.05, 0) is 74.5 Å². The zero-order valence-electron chi connectivity index (χ0n) is 23.0. The molecule has 3 nitrogen and oxygen atoms in total. The Kier molecular flexibility index (Phi) is 4.45. The van der Waals surface area contributed by atoms with Crippen molar-refractivity contribution < 1.29 is 4.42 Å². The number of furan rings is 1. The van der Waals surface area contributed by atoms with Crippen LogP contribution in [0.1, 0.15) is 0 Å². The van der Waals surface area contributed by atoms with Gasteiger partial charge in [-0.3, -0.25) is 4.98 Å². The number of benzene rings is 6. The molecule has 43 heavy (non-hydrogen) atoms. The standard InChI is InChI=1S/C40H22N2O/c1-2-15-34-30(10-1)38-31-14-5-13-29-28-12-4-11-27(36(28)32(37(29)31)22-35(38)43-34)25-7-3-8-26(21-25)33-19-18-24-17-16-23-9-6-20-41-39(23)40(24)42-33/h1-22H. The average Bonchev–Trinajstić information content (AvgIpc) is 3.61. The molecule has 0 aliphatic heterocycles. The van der Waals surface area contributed by atoms with Crippen LogP contribution >= 0.6 is 0 Å². The van der Waals surface area contributed by atoms with E-state index in [2.05, 4.69) is 120 Å². The lowest BCUT2D eigenvalue weighted by Crippen LogP contribution is -1.90. The van der Waals surface area contributed by atoms with Crippen LogP contribution < -0.4 is 0 Å². The molecule has 0 fully saturated rings. The van der Waals surface area contributed by atoms with E-state index in [1.54, 1.807) is 0 Å². The van der Waals surface area contributed by atoms with Gasteiger partial charge in [-0.25, -0.2) is 4.98 Å². The first-order chi connectivity index (χ1) is 21.3. The van der Waals surface area contributed by atoms with E-state index in [1.807, 2.05) is 18.3 Å². The fourth-order valence-electron chi connectivity index (χ4n) is 7.16. The third-order valence-electron chi connectivity index (χ3n) is 9.03. The molecule has 1 aliphatic rings. The third-order valence-corrected chi connectivity index (χ3v) is 9.03. The summed E-state index contributed by atoms with van der Waals surface area (Å²) in [6.45, 7) is 0. The van der Waals surface area contributed by atoms with Crippen LogP contribution in [0, 0.1) is 0 Å². The van der Waals surface area contributed by atoms with Crippen molar-refractivity contribution in [2.75, 3.05) is 0 Å². The van der Waals surface area contributed by atoms with E-state index >= 15 is 0 Å². The maximum Gasteiger partial charge on any atom is 0.136 e. The summed E-state index contributed by atoms with van der Waals surface area (Å²) in [6, 6.07) is 45.2. The van der Waals surface area contributed by atoms with Gasteiger partial charge in [-0.15, -0.1) is 0 Å². The lowest BCUT2D eigenvalue weighted by atomic mass is 9.92. The van der Waals surface area contributed by atoms with Crippen LogP contribution in [0.15, 0.2) is 138 Å². The first-order valence-corrected chi connectivity index (χ1v) is 14.6. The molecule has 0 atom stereocenters. The van der Waals surface area contributed by atoms with E-state index in [-0.39, 0.29) is 0 Å². The van der Waals surface area contributed by atoms with Gasteiger partial charge >= 0.3 is 0 Å². The third kappa shape index (κ3) is 3.14. The maximum atomic E-state index is 6.42. The Morgan fingerprint density at radius 1 is 0.465 bits per heavy atom. The van der Waals surface area contributed by atoms with E-state index in [1.165, 1.54) is 44.0 Å². The SMILES string of the molecule is c1cc(-c2ccc3ccc4cccnc4c3n2)cc(-c2cccc3c2-c2cc4oc5ccccc5c4c4cccc-3c24)c1. The number of para-hydroxylation sites is 1. The van der Waals surface area contributed by atoms with Crippen molar-refractivity contribution in [2.24, 2.45) is 0 Å². The van der Waals surface area contributed by atoms with Crippen molar-refractivity contribution in [2.45, 2.75) is 0 Å². The Bertz CT molecular complexity index is 2630. The lowest BCUT2D eigenvalue weighted by molar-refractivity contribution is 0.669. The summed E-state index contributed by atoms with van der Waals surface area (Å²) < 4.78 is 6.42. The van der Waals surface area contributed by atoms with Crippen LogP contribution in [0.2, 0.25) is 0 Å². The topological polar surface area (TPSA) is 38.9 Å². The minimum absolute atomic E-state index is 0.925. The number of rotatable bonds is 2. The van der Waals surface area contributed by atoms with Crippen LogP contribution in [0.4, 0.5) is 0 Å². The molecule has 0 bridgehead atoms. The maximum absolute atomic E-state index is 6.42. The number of aromatic nitrogens is 2. The number of hydrogen-bond donors (Lipinski definition) is 0. The van der Waals surface area contributed by atoms with Gasteiger partial charge in [0.1, 0.15) is 11.2 Å². The normalized spacial score (nSPS) is 12.2. The van der Waals surface area contributed by atoms with E-state index < -0.39 is 0 Å². The highest BCUT2D eigenvalue weighted by molar-refractivity contribution is 6.29. The first kappa shape index (κ1) is 22.8. The monoisotopic (exact) mass is 546 g/mol. The molecule has 0 N–H and O–H groups in total. The minimum Gasteiger partial charge on any atom is -0.456 e. The number of pyridine rings is 2. The van der Waals surface area contributed by atoms with Gasteiger partial charge in [0.25, 0.3) is 0 Å². The molecular weight excluding hydrogens is 524 g/mol. The van der Waals surface area contributed by atoms with E-state index in [4.69, 9.17) is 9.40 Å². The quantitative estimate of drug-likeness (QED) is 0.202. The smallest absolute Gasteiger partial charge is 0.136 e. The van der Waals surface area contributed by atoms with E-state index in [9.17, 15) is 0 Å². The first-order valence-electron chi connectivity index (χ1n) is 14.6. The van der Waals surface area contributed by atoms with Crippen LogP contribution in [-0.2, 0) is 0 Å². The molecule has 10 rings (SSSR count). The van der Waals surface area contributed by atoms with Gasteiger partial charge in [0.05, 0.1) is 16.7 Å². The Hall–Kier alpha value is -5.80. The van der Waals surface area contributed by atoms with Crippen LogP contribution in [0.25, 0.3) is 99.2 Å². The Balaban J connectivity index is 1.19. The van der Waals surface area contributed by atoms with Crippen LogP contribution in [0.3, 0.4) is 0 Å². The van der Waals surface area contributed by atoms with Crippen LogP contribution in [-0.4, -0.2) is 9.97 Å². The largest absolute Gasteiger partial charge is 0.456 e. The summed E-state index contributed by atoms with van der Waals surface area (Å²) >= 11 is 0. The second-order valence-electron chi connectivity index (χ2n) is 11.3.